The van der Waals surface area contributed by atoms with Gasteiger partial charge in [-0.3, -0.25) is 5.43 Å². The van der Waals surface area contributed by atoms with Crippen LogP contribution in [0.2, 0.25) is 0 Å². The van der Waals surface area contributed by atoms with Crippen LogP contribution in [0.4, 0.5) is 10.8 Å². The lowest BCUT2D eigenvalue weighted by atomic mass is 10.1. The molecule has 1 saturated heterocycles. The molecule has 0 spiro atoms. The van der Waals surface area contributed by atoms with E-state index < -0.39 is 0 Å². The SMILES string of the molecule is Cc1csc(NN=Cc2ccc(N3CCCC3)c(C)c2)n1. The van der Waals surface area contributed by atoms with Gasteiger partial charge in [0.15, 0.2) is 0 Å². The van der Waals surface area contributed by atoms with Crippen LogP contribution in [-0.4, -0.2) is 24.3 Å². The van der Waals surface area contributed by atoms with E-state index >= 15 is 0 Å². The van der Waals surface area contributed by atoms with Crippen molar-refractivity contribution in [2.75, 3.05) is 23.4 Å². The highest BCUT2D eigenvalue weighted by Crippen LogP contribution is 2.24. The Bertz CT molecular complexity index is 641. The van der Waals surface area contributed by atoms with Crippen molar-refractivity contribution in [2.24, 2.45) is 5.10 Å². The standard InChI is InChI=1S/C16H20N4S/c1-12-9-14(5-6-15(12)20-7-3-4-8-20)10-17-19-16-18-13(2)11-21-16/h5-6,9-11H,3-4,7-8H2,1-2H3,(H,18,19). The molecule has 1 N–H and O–H groups in total. The Balaban J connectivity index is 1.67. The molecule has 0 unspecified atom stereocenters. The van der Waals surface area contributed by atoms with Crippen molar-refractivity contribution >= 4 is 28.4 Å². The lowest BCUT2D eigenvalue weighted by Crippen LogP contribution is -2.18. The molecule has 4 nitrogen and oxygen atoms in total. The lowest BCUT2D eigenvalue weighted by Gasteiger charge is -2.20. The number of rotatable bonds is 4. The topological polar surface area (TPSA) is 40.5 Å². The summed E-state index contributed by atoms with van der Waals surface area (Å²) in [5, 5.41) is 7.09. The fourth-order valence-electron chi connectivity index (χ4n) is 2.64. The van der Waals surface area contributed by atoms with Crippen molar-refractivity contribution in [3.05, 3.63) is 40.4 Å². The summed E-state index contributed by atoms with van der Waals surface area (Å²) < 4.78 is 0. The molecule has 1 aliphatic rings. The van der Waals surface area contributed by atoms with Gasteiger partial charge in [0.1, 0.15) is 0 Å². The van der Waals surface area contributed by atoms with E-state index in [2.05, 4.69) is 45.5 Å². The predicted octanol–water partition coefficient (Wildman–Crippen LogP) is 3.81. The largest absolute Gasteiger partial charge is 0.371 e. The van der Waals surface area contributed by atoms with Crippen molar-refractivity contribution in [3.8, 4) is 0 Å². The molecule has 2 heterocycles. The first kappa shape index (κ1) is 14.1. The second kappa shape index (κ2) is 6.26. The molecule has 1 fully saturated rings. The van der Waals surface area contributed by atoms with Crippen molar-refractivity contribution < 1.29 is 0 Å². The monoisotopic (exact) mass is 300 g/mol. The Labute approximate surface area is 129 Å². The normalized spacial score (nSPS) is 15.0. The Kier molecular flexibility index (Phi) is 4.20. The lowest BCUT2D eigenvalue weighted by molar-refractivity contribution is 0.949. The molecule has 110 valence electrons. The molecule has 1 aliphatic heterocycles. The Morgan fingerprint density at radius 2 is 2.10 bits per heavy atom. The number of hydrogen-bond acceptors (Lipinski definition) is 5. The third kappa shape index (κ3) is 3.42. The minimum atomic E-state index is 0.828. The molecule has 21 heavy (non-hydrogen) atoms. The molecule has 1 aromatic heterocycles. The predicted molar refractivity (Wildman–Crippen MR) is 90.7 cm³/mol. The van der Waals surface area contributed by atoms with E-state index in [1.54, 1.807) is 11.3 Å². The summed E-state index contributed by atoms with van der Waals surface area (Å²) in [7, 11) is 0. The number of thiazole rings is 1. The molecule has 3 rings (SSSR count). The van der Waals surface area contributed by atoms with Gasteiger partial charge in [0, 0.05) is 24.2 Å². The fourth-order valence-corrected chi connectivity index (χ4v) is 3.28. The van der Waals surface area contributed by atoms with Crippen molar-refractivity contribution in [1.82, 2.24) is 4.98 Å². The van der Waals surface area contributed by atoms with E-state index in [1.807, 2.05) is 18.5 Å². The first-order valence-corrected chi connectivity index (χ1v) is 8.17. The highest BCUT2D eigenvalue weighted by atomic mass is 32.1. The summed E-state index contributed by atoms with van der Waals surface area (Å²) in [4.78, 5) is 6.78. The van der Waals surface area contributed by atoms with Gasteiger partial charge in [0.2, 0.25) is 5.13 Å². The summed E-state index contributed by atoms with van der Waals surface area (Å²) in [5.41, 5.74) is 7.76. The van der Waals surface area contributed by atoms with Crippen LogP contribution in [0.25, 0.3) is 0 Å². The van der Waals surface area contributed by atoms with Crippen LogP contribution < -0.4 is 10.3 Å². The summed E-state index contributed by atoms with van der Waals surface area (Å²) in [6.07, 6.45) is 4.46. The van der Waals surface area contributed by atoms with Gasteiger partial charge in [-0.1, -0.05) is 6.07 Å². The first-order chi connectivity index (χ1) is 10.2. The zero-order valence-corrected chi connectivity index (χ0v) is 13.3. The van der Waals surface area contributed by atoms with Gasteiger partial charge in [0.25, 0.3) is 0 Å². The van der Waals surface area contributed by atoms with Gasteiger partial charge in [-0.15, -0.1) is 11.3 Å². The molecule has 5 heteroatoms. The maximum absolute atomic E-state index is 4.31. The molecule has 0 atom stereocenters. The highest BCUT2D eigenvalue weighted by Gasteiger charge is 2.13. The van der Waals surface area contributed by atoms with Gasteiger partial charge in [-0.05, 0) is 49.9 Å². The number of hydrazone groups is 1. The molecule has 0 radical (unpaired) electrons. The average molecular weight is 300 g/mol. The number of nitrogens with one attached hydrogen (secondary N) is 1. The molecule has 0 aliphatic carbocycles. The average Bonchev–Trinajstić information content (AvgIpc) is 3.11. The van der Waals surface area contributed by atoms with Crippen LogP contribution in [0, 0.1) is 13.8 Å². The molecule has 1 aromatic carbocycles. The second-order valence-electron chi connectivity index (χ2n) is 5.40. The smallest absolute Gasteiger partial charge is 0.203 e. The zero-order chi connectivity index (χ0) is 14.7. The zero-order valence-electron chi connectivity index (χ0n) is 12.5. The van der Waals surface area contributed by atoms with Gasteiger partial charge in [-0.25, -0.2) is 4.98 Å². The summed E-state index contributed by atoms with van der Waals surface area (Å²) in [6.45, 7) is 6.51. The number of benzene rings is 1. The number of hydrogen-bond donors (Lipinski definition) is 1. The van der Waals surface area contributed by atoms with E-state index in [9.17, 15) is 0 Å². The van der Waals surface area contributed by atoms with E-state index in [1.165, 1.54) is 37.2 Å². The molecular formula is C16H20N4S. The van der Waals surface area contributed by atoms with E-state index in [0.29, 0.717) is 0 Å². The van der Waals surface area contributed by atoms with Crippen molar-refractivity contribution in [1.29, 1.82) is 0 Å². The molecule has 0 amide bonds. The third-order valence-corrected chi connectivity index (χ3v) is 4.53. The molecule has 0 bridgehead atoms. The Hall–Kier alpha value is -1.88. The van der Waals surface area contributed by atoms with Gasteiger partial charge < -0.3 is 4.90 Å². The van der Waals surface area contributed by atoms with Crippen LogP contribution in [-0.2, 0) is 0 Å². The minimum Gasteiger partial charge on any atom is -0.371 e. The van der Waals surface area contributed by atoms with Crippen molar-refractivity contribution in [3.63, 3.8) is 0 Å². The maximum Gasteiger partial charge on any atom is 0.203 e. The quantitative estimate of drug-likeness (QED) is 0.689. The molecular weight excluding hydrogens is 280 g/mol. The number of aryl methyl sites for hydroxylation is 2. The number of nitrogens with zero attached hydrogens (tertiary/aromatic N) is 3. The number of aromatic nitrogens is 1. The minimum absolute atomic E-state index is 0.828. The summed E-state index contributed by atoms with van der Waals surface area (Å²) >= 11 is 1.56. The van der Waals surface area contributed by atoms with E-state index in [4.69, 9.17) is 0 Å². The van der Waals surface area contributed by atoms with E-state index in [-0.39, 0.29) is 0 Å². The number of anilines is 2. The van der Waals surface area contributed by atoms with Crippen LogP contribution >= 0.6 is 11.3 Å². The van der Waals surface area contributed by atoms with Crippen LogP contribution in [0.5, 0.6) is 0 Å². The van der Waals surface area contributed by atoms with Gasteiger partial charge >= 0.3 is 0 Å². The molecule has 2 aromatic rings. The Morgan fingerprint density at radius 1 is 1.29 bits per heavy atom. The van der Waals surface area contributed by atoms with Gasteiger partial charge in [0.05, 0.1) is 11.9 Å². The summed E-state index contributed by atoms with van der Waals surface area (Å²) in [5.74, 6) is 0. The fraction of sp³-hybridized carbons (Fsp3) is 0.375. The van der Waals surface area contributed by atoms with E-state index in [0.717, 1.165) is 16.4 Å². The second-order valence-corrected chi connectivity index (χ2v) is 6.26. The molecule has 0 saturated carbocycles. The summed E-state index contributed by atoms with van der Waals surface area (Å²) in [6, 6.07) is 6.51. The van der Waals surface area contributed by atoms with Gasteiger partial charge in [-0.2, -0.15) is 5.10 Å². The third-order valence-electron chi connectivity index (χ3n) is 3.66. The maximum atomic E-state index is 4.31. The van der Waals surface area contributed by atoms with Crippen LogP contribution in [0.15, 0.2) is 28.7 Å². The van der Waals surface area contributed by atoms with Crippen molar-refractivity contribution in [2.45, 2.75) is 26.7 Å². The Morgan fingerprint density at radius 3 is 2.76 bits per heavy atom. The first-order valence-electron chi connectivity index (χ1n) is 7.29. The highest BCUT2D eigenvalue weighted by molar-refractivity contribution is 7.13. The van der Waals surface area contributed by atoms with Crippen LogP contribution in [0.3, 0.4) is 0 Å². The van der Waals surface area contributed by atoms with Crippen LogP contribution in [0.1, 0.15) is 29.7 Å².